The zero-order valence-electron chi connectivity index (χ0n) is 4.90. The first-order valence-electron chi connectivity index (χ1n) is 2.45. The number of epoxide rings is 1. The predicted octanol–water partition coefficient (Wildman–Crippen LogP) is -2.30. The Labute approximate surface area is 57.5 Å². The van der Waals surface area contributed by atoms with E-state index in [0.29, 0.717) is 0 Å². The van der Waals surface area contributed by atoms with Gasteiger partial charge in [-0.1, -0.05) is 0 Å². The third-order valence-corrected chi connectivity index (χ3v) is 1.35. The van der Waals surface area contributed by atoms with Crippen LogP contribution in [0.1, 0.15) is 0 Å². The summed E-state index contributed by atoms with van der Waals surface area (Å²) >= 11 is 0. The van der Waals surface area contributed by atoms with Crippen LogP contribution in [0.5, 0.6) is 0 Å². The monoisotopic (exact) mass is 166 g/mol. The highest BCUT2D eigenvalue weighted by atomic mass is 32.2. The van der Waals surface area contributed by atoms with E-state index in [9.17, 15) is 13.2 Å². The summed E-state index contributed by atoms with van der Waals surface area (Å²) in [5.41, 5.74) is 0. The summed E-state index contributed by atoms with van der Waals surface area (Å²) in [6, 6.07) is 0. The van der Waals surface area contributed by atoms with E-state index in [0.717, 1.165) is 0 Å². The van der Waals surface area contributed by atoms with E-state index in [-0.39, 0.29) is 6.61 Å². The number of carbonyl (C=O) groups is 1. The minimum Gasteiger partial charge on any atom is -0.363 e. The van der Waals surface area contributed by atoms with Gasteiger partial charge in [0.25, 0.3) is 16.1 Å². The maximum atomic E-state index is 10.5. The van der Waals surface area contributed by atoms with Crippen molar-refractivity contribution >= 4 is 16.1 Å². The second kappa shape index (κ2) is 2.19. The number of hydrogen-bond acceptors (Lipinski definition) is 4. The van der Waals surface area contributed by atoms with E-state index >= 15 is 0 Å². The van der Waals surface area contributed by atoms with Crippen molar-refractivity contribution in [3.63, 3.8) is 0 Å². The van der Waals surface area contributed by atoms with Crippen molar-refractivity contribution in [2.24, 2.45) is 5.14 Å². The Bertz CT molecular complexity index is 241. The molecule has 0 aliphatic carbocycles. The zero-order chi connectivity index (χ0) is 7.78. The van der Waals surface area contributed by atoms with Crippen molar-refractivity contribution in [2.75, 3.05) is 6.61 Å². The highest BCUT2D eigenvalue weighted by molar-refractivity contribution is 7.87. The highest BCUT2D eigenvalue weighted by Crippen LogP contribution is 2.07. The third-order valence-electron chi connectivity index (χ3n) is 0.869. The van der Waals surface area contributed by atoms with Gasteiger partial charge in [0.05, 0.1) is 6.61 Å². The molecule has 3 N–H and O–H groups in total. The van der Waals surface area contributed by atoms with Gasteiger partial charge in [0.15, 0.2) is 6.10 Å². The molecule has 1 atom stereocenters. The van der Waals surface area contributed by atoms with Crippen LogP contribution < -0.4 is 9.86 Å². The minimum atomic E-state index is -3.91. The molecule has 0 aromatic carbocycles. The summed E-state index contributed by atoms with van der Waals surface area (Å²) in [4.78, 5) is 10.5. The Morgan fingerprint density at radius 2 is 2.20 bits per heavy atom. The quantitative estimate of drug-likeness (QED) is 0.450. The molecule has 1 aliphatic rings. The molecule has 1 fully saturated rings. The summed E-state index contributed by atoms with van der Waals surface area (Å²) in [7, 11) is -3.91. The molecule has 0 saturated carbocycles. The zero-order valence-corrected chi connectivity index (χ0v) is 5.72. The number of amides is 1. The van der Waals surface area contributed by atoms with Crippen LogP contribution in [-0.2, 0) is 19.7 Å². The maximum absolute atomic E-state index is 10.5. The lowest BCUT2D eigenvalue weighted by Crippen LogP contribution is -2.38. The molecule has 1 aliphatic heterocycles. The van der Waals surface area contributed by atoms with E-state index in [1.165, 1.54) is 0 Å². The second-order valence-corrected chi connectivity index (χ2v) is 3.13. The van der Waals surface area contributed by atoms with Gasteiger partial charge in [-0.05, 0) is 0 Å². The van der Waals surface area contributed by atoms with Crippen molar-refractivity contribution in [3.8, 4) is 0 Å². The molecule has 10 heavy (non-hydrogen) atoms. The van der Waals surface area contributed by atoms with Gasteiger partial charge in [-0.2, -0.15) is 8.42 Å². The van der Waals surface area contributed by atoms with Gasteiger partial charge < -0.3 is 4.74 Å². The average Bonchev–Trinajstić information content (AvgIpc) is 2.35. The van der Waals surface area contributed by atoms with Gasteiger partial charge in [-0.25, -0.2) is 9.86 Å². The van der Waals surface area contributed by atoms with Crippen LogP contribution in [0.2, 0.25) is 0 Å². The van der Waals surface area contributed by atoms with Gasteiger partial charge >= 0.3 is 0 Å². The average molecular weight is 166 g/mol. The molecule has 1 saturated heterocycles. The molecular formula is C3H6N2O4S. The first-order chi connectivity index (χ1) is 4.49. The fourth-order valence-electron chi connectivity index (χ4n) is 0.405. The minimum absolute atomic E-state index is 0.265. The van der Waals surface area contributed by atoms with Crippen LogP contribution in [0.3, 0.4) is 0 Å². The van der Waals surface area contributed by atoms with E-state index in [4.69, 9.17) is 0 Å². The lowest BCUT2D eigenvalue weighted by Gasteiger charge is -1.96. The summed E-state index contributed by atoms with van der Waals surface area (Å²) in [6.07, 6.45) is -0.627. The molecule has 1 amide bonds. The molecule has 58 valence electrons. The van der Waals surface area contributed by atoms with Crippen LogP contribution in [-0.4, -0.2) is 27.0 Å². The Morgan fingerprint density at radius 3 is 2.50 bits per heavy atom. The Hall–Kier alpha value is -0.660. The lowest BCUT2D eigenvalue weighted by atomic mass is 10.5. The molecule has 1 heterocycles. The molecule has 1 unspecified atom stereocenters. The summed E-state index contributed by atoms with van der Waals surface area (Å²) in [5, 5.41) is 4.49. The van der Waals surface area contributed by atoms with E-state index in [1.807, 2.05) is 0 Å². The summed E-state index contributed by atoms with van der Waals surface area (Å²) < 4.78 is 26.4. The van der Waals surface area contributed by atoms with E-state index < -0.39 is 22.2 Å². The molecule has 0 spiro atoms. The second-order valence-electron chi connectivity index (χ2n) is 1.83. The molecule has 0 aromatic heterocycles. The van der Waals surface area contributed by atoms with Crippen molar-refractivity contribution in [1.82, 2.24) is 4.72 Å². The van der Waals surface area contributed by atoms with E-state index in [2.05, 4.69) is 9.88 Å². The van der Waals surface area contributed by atoms with Gasteiger partial charge in [0.2, 0.25) is 0 Å². The first-order valence-corrected chi connectivity index (χ1v) is 3.99. The molecule has 0 aromatic rings. The third kappa shape index (κ3) is 2.29. The Morgan fingerprint density at radius 1 is 1.70 bits per heavy atom. The number of nitrogens with two attached hydrogens (primary N) is 1. The molecule has 7 heteroatoms. The van der Waals surface area contributed by atoms with Gasteiger partial charge in [-0.3, -0.25) is 4.79 Å². The predicted molar refractivity (Wildman–Crippen MR) is 31.0 cm³/mol. The topological polar surface area (TPSA) is 102 Å². The number of rotatable bonds is 2. The summed E-state index contributed by atoms with van der Waals surface area (Å²) in [6.45, 7) is 0.265. The van der Waals surface area contributed by atoms with Crippen LogP contribution >= 0.6 is 0 Å². The fourth-order valence-corrected chi connectivity index (χ4v) is 0.817. The SMILES string of the molecule is NS(=O)(=O)NC(=O)C1CO1. The Balaban J connectivity index is 2.45. The molecule has 6 nitrogen and oxygen atoms in total. The lowest BCUT2D eigenvalue weighted by molar-refractivity contribution is -0.120. The molecular weight excluding hydrogens is 160 g/mol. The van der Waals surface area contributed by atoms with Gasteiger partial charge in [-0.15, -0.1) is 0 Å². The van der Waals surface area contributed by atoms with Crippen LogP contribution in [0.15, 0.2) is 0 Å². The van der Waals surface area contributed by atoms with Crippen molar-refractivity contribution in [1.29, 1.82) is 0 Å². The number of ether oxygens (including phenoxy) is 1. The van der Waals surface area contributed by atoms with Crippen molar-refractivity contribution in [3.05, 3.63) is 0 Å². The van der Waals surface area contributed by atoms with Crippen LogP contribution in [0, 0.1) is 0 Å². The maximum Gasteiger partial charge on any atom is 0.298 e. The molecule has 0 radical (unpaired) electrons. The van der Waals surface area contributed by atoms with Gasteiger partial charge in [0, 0.05) is 0 Å². The first kappa shape index (κ1) is 7.45. The van der Waals surface area contributed by atoms with E-state index in [1.54, 1.807) is 4.72 Å². The summed E-state index contributed by atoms with van der Waals surface area (Å²) in [5.74, 6) is -0.706. The normalized spacial score (nSPS) is 23.9. The highest BCUT2D eigenvalue weighted by Gasteiger charge is 2.32. The van der Waals surface area contributed by atoms with Crippen LogP contribution in [0.4, 0.5) is 0 Å². The van der Waals surface area contributed by atoms with Crippen molar-refractivity contribution in [2.45, 2.75) is 6.10 Å². The largest absolute Gasteiger partial charge is 0.363 e. The van der Waals surface area contributed by atoms with Crippen LogP contribution in [0.25, 0.3) is 0 Å². The fraction of sp³-hybridized carbons (Fsp3) is 0.667. The Kier molecular flexibility index (Phi) is 1.63. The van der Waals surface area contributed by atoms with Crippen molar-refractivity contribution < 1.29 is 17.9 Å². The number of carbonyl (C=O) groups excluding carboxylic acids is 1. The molecule has 1 rings (SSSR count). The smallest absolute Gasteiger partial charge is 0.298 e. The number of nitrogens with one attached hydrogen (secondary N) is 1. The van der Waals surface area contributed by atoms with Gasteiger partial charge in [0.1, 0.15) is 0 Å². The molecule has 0 bridgehead atoms. The standard InChI is InChI=1S/C3H6N2O4S/c4-10(7,8)5-3(6)2-1-9-2/h2H,1H2,(H,5,6)(H2,4,7,8). The number of hydrogen-bond donors (Lipinski definition) is 2.